The summed E-state index contributed by atoms with van der Waals surface area (Å²) in [7, 11) is 2.58. The van der Waals surface area contributed by atoms with E-state index in [0.717, 1.165) is 6.42 Å². The lowest BCUT2D eigenvalue weighted by Gasteiger charge is -2.18. The van der Waals surface area contributed by atoms with Crippen molar-refractivity contribution in [2.24, 2.45) is 11.8 Å². The molecule has 0 heterocycles. The van der Waals surface area contributed by atoms with E-state index in [-0.39, 0.29) is 0 Å². The number of carbonyl (C=O) groups excluding carboxylic acids is 2. The Labute approximate surface area is 84.6 Å². The Bertz CT molecular complexity index is 200. The summed E-state index contributed by atoms with van der Waals surface area (Å²) in [6.45, 7) is 5.55. The number of hydrogen-bond donors (Lipinski definition) is 0. The number of ether oxygens (including phenoxy) is 2. The van der Waals surface area contributed by atoms with Gasteiger partial charge in [0.2, 0.25) is 0 Å². The first-order chi connectivity index (χ1) is 6.58. The molecule has 0 aliphatic heterocycles. The van der Waals surface area contributed by atoms with Gasteiger partial charge in [-0.25, -0.2) is 0 Å². The van der Waals surface area contributed by atoms with Crippen LogP contribution < -0.4 is 0 Å². The van der Waals surface area contributed by atoms with Crippen LogP contribution in [-0.4, -0.2) is 26.2 Å². The highest BCUT2D eigenvalue weighted by atomic mass is 16.5. The zero-order valence-corrected chi connectivity index (χ0v) is 8.91. The largest absolute Gasteiger partial charge is 0.469 e. The molecule has 0 spiro atoms. The van der Waals surface area contributed by atoms with Crippen LogP contribution in [0.2, 0.25) is 0 Å². The van der Waals surface area contributed by atoms with Crippen LogP contribution >= 0.6 is 0 Å². The molecule has 0 saturated carbocycles. The Morgan fingerprint density at radius 3 is 2.07 bits per heavy atom. The predicted octanol–water partition coefficient (Wildman–Crippen LogP) is 1.20. The normalized spacial score (nSPS) is 14.3. The maximum atomic E-state index is 11.3. The first kappa shape index (κ1) is 12.9. The zero-order chi connectivity index (χ0) is 11.1. The first-order valence-corrected chi connectivity index (χ1v) is 4.57. The predicted molar refractivity (Wildman–Crippen MR) is 51.3 cm³/mol. The molecule has 1 radical (unpaired) electrons. The van der Waals surface area contributed by atoms with E-state index in [1.165, 1.54) is 14.2 Å². The summed E-state index contributed by atoms with van der Waals surface area (Å²) in [6, 6.07) is 0. The Morgan fingerprint density at radius 2 is 1.71 bits per heavy atom. The molecule has 4 heteroatoms. The molecule has 0 aromatic heterocycles. The van der Waals surface area contributed by atoms with Gasteiger partial charge in [-0.15, -0.1) is 0 Å². The molecule has 0 saturated heterocycles. The third kappa shape index (κ3) is 3.36. The smallest absolute Gasteiger partial charge is 0.309 e. The summed E-state index contributed by atoms with van der Waals surface area (Å²) in [5.74, 6) is -2.07. The summed E-state index contributed by atoms with van der Waals surface area (Å²) in [6.07, 6.45) is 1.37. The van der Waals surface area contributed by atoms with E-state index in [1.807, 2.05) is 6.92 Å². The van der Waals surface area contributed by atoms with E-state index in [4.69, 9.17) is 0 Å². The van der Waals surface area contributed by atoms with Gasteiger partial charge in [-0.05, 0) is 13.3 Å². The molecule has 0 N–H and O–H groups in total. The highest BCUT2D eigenvalue weighted by molar-refractivity contribution is 5.82. The highest BCUT2D eigenvalue weighted by Crippen LogP contribution is 2.19. The summed E-state index contributed by atoms with van der Waals surface area (Å²) in [4.78, 5) is 22.4. The summed E-state index contributed by atoms with van der Waals surface area (Å²) >= 11 is 0. The van der Waals surface area contributed by atoms with Crippen molar-refractivity contribution < 1.29 is 19.1 Å². The summed E-state index contributed by atoms with van der Waals surface area (Å²) in [5, 5.41) is 0. The Balaban J connectivity index is 4.47. The quantitative estimate of drug-likeness (QED) is 0.627. The molecule has 0 aliphatic rings. The molecular formula is C10H17O4. The molecule has 0 aromatic rings. The molecule has 2 unspecified atom stereocenters. The van der Waals surface area contributed by atoms with Crippen molar-refractivity contribution in [2.45, 2.75) is 19.8 Å². The monoisotopic (exact) mass is 201 g/mol. The third-order valence-corrected chi connectivity index (χ3v) is 2.09. The van der Waals surface area contributed by atoms with Crippen LogP contribution in [0, 0.1) is 18.8 Å². The van der Waals surface area contributed by atoms with Crippen molar-refractivity contribution in [3.63, 3.8) is 0 Å². The second-order valence-electron chi connectivity index (χ2n) is 3.05. The van der Waals surface area contributed by atoms with Crippen molar-refractivity contribution in [3.05, 3.63) is 6.92 Å². The van der Waals surface area contributed by atoms with Gasteiger partial charge in [0.05, 0.1) is 26.1 Å². The molecule has 0 aromatic carbocycles. The van der Waals surface area contributed by atoms with Crippen LogP contribution in [0.1, 0.15) is 19.8 Å². The van der Waals surface area contributed by atoms with Crippen molar-refractivity contribution in [2.75, 3.05) is 14.2 Å². The molecule has 0 amide bonds. The van der Waals surface area contributed by atoms with Gasteiger partial charge in [0.1, 0.15) is 0 Å². The minimum atomic E-state index is -0.688. The van der Waals surface area contributed by atoms with Gasteiger partial charge in [0.25, 0.3) is 0 Å². The highest BCUT2D eigenvalue weighted by Gasteiger charge is 2.30. The Kier molecular flexibility index (Phi) is 5.92. The SMILES string of the molecule is [CH2]C(C(=O)OC)C(CCC)C(=O)OC. The topological polar surface area (TPSA) is 52.6 Å². The first-order valence-electron chi connectivity index (χ1n) is 4.57. The molecule has 0 bridgehead atoms. The molecule has 0 fully saturated rings. The fraction of sp³-hybridized carbons (Fsp3) is 0.700. The van der Waals surface area contributed by atoms with Crippen molar-refractivity contribution in [1.82, 2.24) is 0 Å². The lowest BCUT2D eigenvalue weighted by atomic mass is 9.90. The van der Waals surface area contributed by atoms with E-state index in [0.29, 0.717) is 6.42 Å². The van der Waals surface area contributed by atoms with Gasteiger partial charge in [-0.2, -0.15) is 0 Å². The van der Waals surface area contributed by atoms with Crippen LogP contribution in [-0.2, 0) is 19.1 Å². The Hall–Kier alpha value is -1.06. The van der Waals surface area contributed by atoms with E-state index in [9.17, 15) is 9.59 Å². The molecule has 14 heavy (non-hydrogen) atoms. The number of methoxy groups -OCH3 is 2. The van der Waals surface area contributed by atoms with Gasteiger partial charge < -0.3 is 9.47 Å². The van der Waals surface area contributed by atoms with Gasteiger partial charge in [-0.1, -0.05) is 13.3 Å². The molecule has 0 rings (SSSR count). The minimum Gasteiger partial charge on any atom is -0.469 e. The Morgan fingerprint density at radius 1 is 1.21 bits per heavy atom. The number of carbonyl (C=O) groups is 2. The molecule has 81 valence electrons. The van der Waals surface area contributed by atoms with Crippen LogP contribution in [0.4, 0.5) is 0 Å². The molecule has 2 atom stereocenters. The van der Waals surface area contributed by atoms with Crippen molar-refractivity contribution in [1.29, 1.82) is 0 Å². The second kappa shape index (κ2) is 6.40. The van der Waals surface area contributed by atoms with Crippen molar-refractivity contribution in [3.8, 4) is 0 Å². The number of hydrogen-bond acceptors (Lipinski definition) is 4. The van der Waals surface area contributed by atoms with Crippen LogP contribution in [0.3, 0.4) is 0 Å². The van der Waals surface area contributed by atoms with E-state index >= 15 is 0 Å². The van der Waals surface area contributed by atoms with Crippen LogP contribution in [0.25, 0.3) is 0 Å². The maximum Gasteiger partial charge on any atom is 0.309 e. The second-order valence-corrected chi connectivity index (χ2v) is 3.05. The van der Waals surface area contributed by atoms with Crippen LogP contribution in [0.15, 0.2) is 0 Å². The third-order valence-electron chi connectivity index (χ3n) is 2.09. The maximum absolute atomic E-state index is 11.3. The molecular weight excluding hydrogens is 184 g/mol. The fourth-order valence-electron chi connectivity index (χ4n) is 1.26. The van der Waals surface area contributed by atoms with Gasteiger partial charge >= 0.3 is 11.9 Å². The van der Waals surface area contributed by atoms with Crippen molar-refractivity contribution >= 4 is 11.9 Å². The van der Waals surface area contributed by atoms with E-state index in [2.05, 4.69) is 16.4 Å². The van der Waals surface area contributed by atoms with Gasteiger partial charge in [-0.3, -0.25) is 9.59 Å². The summed E-state index contributed by atoms with van der Waals surface area (Å²) < 4.78 is 9.12. The van der Waals surface area contributed by atoms with E-state index in [1.54, 1.807) is 0 Å². The number of rotatable bonds is 5. The fourth-order valence-corrected chi connectivity index (χ4v) is 1.26. The molecule has 0 aliphatic carbocycles. The van der Waals surface area contributed by atoms with Gasteiger partial charge in [0.15, 0.2) is 0 Å². The standard InChI is InChI=1S/C10H17O4/c1-5-6-8(10(12)14-4)7(2)9(11)13-3/h7-8H,2,5-6H2,1,3-4H3. The van der Waals surface area contributed by atoms with E-state index < -0.39 is 23.8 Å². The molecule has 4 nitrogen and oxygen atoms in total. The number of esters is 2. The minimum absolute atomic E-state index is 0.405. The lowest BCUT2D eigenvalue weighted by Crippen LogP contribution is -2.29. The van der Waals surface area contributed by atoms with Gasteiger partial charge in [0, 0.05) is 0 Å². The average Bonchev–Trinajstić information content (AvgIpc) is 2.22. The van der Waals surface area contributed by atoms with Crippen LogP contribution in [0.5, 0.6) is 0 Å². The summed E-state index contributed by atoms with van der Waals surface area (Å²) in [5.41, 5.74) is 0. The average molecular weight is 201 g/mol. The lowest BCUT2D eigenvalue weighted by molar-refractivity contribution is -0.156. The zero-order valence-electron chi connectivity index (χ0n) is 8.91.